The van der Waals surface area contributed by atoms with Crippen LogP contribution in [-0.4, -0.2) is 33.4 Å². The van der Waals surface area contributed by atoms with Gasteiger partial charge in [0.1, 0.15) is 6.33 Å². The van der Waals surface area contributed by atoms with Gasteiger partial charge in [-0.2, -0.15) is 0 Å². The third-order valence-corrected chi connectivity index (χ3v) is 4.21. The Labute approximate surface area is 122 Å². The van der Waals surface area contributed by atoms with Crippen LogP contribution in [0.4, 0.5) is 5.95 Å². The maximum atomic E-state index is 12.4. The molecule has 1 N–H and O–H groups in total. The molecule has 1 aliphatic heterocycles. The average molecular weight is 284 g/mol. The van der Waals surface area contributed by atoms with E-state index < -0.39 is 0 Å². The van der Waals surface area contributed by atoms with Gasteiger partial charge < -0.3 is 4.74 Å². The molecule has 1 aliphatic carbocycles. The number of carbonyl (C=O) groups excluding carboxylic acids is 1. The van der Waals surface area contributed by atoms with E-state index in [4.69, 9.17) is 4.74 Å². The second-order valence-electron chi connectivity index (χ2n) is 5.52. The monoisotopic (exact) mass is 284 g/mol. The number of para-hydroxylation sites is 1. The van der Waals surface area contributed by atoms with Gasteiger partial charge in [-0.25, -0.2) is 0 Å². The number of benzene rings is 1. The minimum absolute atomic E-state index is 0.0166. The zero-order chi connectivity index (χ0) is 14.2. The first-order valence-electron chi connectivity index (χ1n) is 7.22. The molecule has 1 amide bonds. The number of carbonyl (C=O) groups is 1. The number of hydrogen-bond donors (Lipinski definition) is 1. The molecule has 3 atom stereocenters. The van der Waals surface area contributed by atoms with E-state index in [1.165, 1.54) is 0 Å². The molecule has 0 bridgehead atoms. The summed E-state index contributed by atoms with van der Waals surface area (Å²) in [6, 6.07) is 9.70. The molecule has 21 heavy (non-hydrogen) atoms. The number of amides is 1. The quantitative estimate of drug-likeness (QED) is 0.930. The normalized spacial score (nSPS) is 27.0. The molecule has 2 heterocycles. The summed E-state index contributed by atoms with van der Waals surface area (Å²) >= 11 is 0. The molecular formula is C15H16N4O2. The fourth-order valence-electron chi connectivity index (χ4n) is 3.09. The summed E-state index contributed by atoms with van der Waals surface area (Å²) in [5, 5.41) is 10.8. The molecule has 1 aromatic heterocycles. The maximum absolute atomic E-state index is 12.4. The fourth-order valence-corrected chi connectivity index (χ4v) is 3.09. The minimum Gasteiger partial charge on any atom is -0.377 e. The summed E-state index contributed by atoms with van der Waals surface area (Å²) in [6.45, 7) is 0.769. The highest BCUT2D eigenvalue weighted by Crippen LogP contribution is 2.48. The Morgan fingerprint density at radius 1 is 1.33 bits per heavy atom. The molecule has 1 saturated carbocycles. The van der Waals surface area contributed by atoms with Gasteiger partial charge >= 0.3 is 0 Å². The lowest BCUT2D eigenvalue weighted by Crippen LogP contribution is -2.19. The summed E-state index contributed by atoms with van der Waals surface area (Å²) in [5.74, 6) is 0.784. The highest BCUT2D eigenvalue weighted by atomic mass is 16.5. The number of rotatable bonds is 3. The van der Waals surface area contributed by atoms with Crippen LogP contribution in [0.15, 0.2) is 36.7 Å². The van der Waals surface area contributed by atoms with Crippen molar-refractivity contribution >= 4 is 11.9 Å². The van der Waals surface area contributed by atoms with Crippen molar-refractivity contribution < 1.29 is 9.53 Å². The Kier molecular flexibility index (Phi) is 2.96. The molecule has 6 heteroatoms. The van der Waals surface area contributed by atoms with E-state index >= 15 is 0 Å². The molecule has 1 aromatic carbocycles. The summed E-state index contributed by atoms with van der Waals surface area (Å²) in [7, 11) is 0. The summed E-state index contributed by atoms with van der Waals surface area (Å²) in [5.41, 5.74) is 0.919. The number of ether oxygens (including phenoxy) is 1. The number of aromatic nitrogens is 3. The van der Waals surface area contributed by atoms with E-state index in [0.29, 0.717) is 11.9 Å². The predicted molar refractivity (Wildman–Crippen MR) is 75.9 cm³/mol. The van der Waals surface area contributed by atoms with E-state index in [9.17, 15) is 4.79 Å². The van der Waals surface area contributed by atoms with Crippen molar-refractivity contribution in [3.05, 3.63) is 36.7 Å². The molecule has 2 fully saturated rings. The Bertz CT molecular complexity index is 643. The standard InChI is InChI=1S/C15H16N4O2/c20-14(12-11-7-4-8-21-13(11)12)17-15-18-16-9-19(15)10-5-2-1-3-6-10/h1-3,5-6,9,11-13H,4,7-8H2,(H,17,18,20). The van der Waals surface area contributed by atoms with Crippen LogP contribution in [0.2, 0.25) is 0 Å². The minimum atomic E-state index is -0.0339. The van der Waals surface area contributed by atoms with Crippen LogP contribution >= 0.6 is 0 Å². The van der Waals surface area contributed by atoms with E-state index in [1.54, 1.807) is 10.9 Å². The van der Waals surface area contributed by atoms with Gasteiger partial charge in [-0.1, -0.05) is 18.2 Å². The number of fused-ring (bicyclic) bond motifs is 1. The molecule has 3 unspecified atom stereocenters. The molecule has 6 nitrogen and oxygen atoms in total. The largest absolute Gasteiger partial charge is 0.377 e. The van der Waals surface area contributed by atoms with Crippen molar-refractivity contribution in [3.63, 3.8) is 0 Å². The lowest BCUT2D eigenvalue weighted by atomic mass is 10.2. The van der Waals surface area contributed by atoms with Crippen LogP contribution in [-0.2, 0) is 9.53 Å². The van der Waals surface area contributed by atoms with Crippen molar-refractivity contribution in [2.24, 2.45) is 11.8 Å². The van der Waals surface area contributed by atoms with Crippen LogP contribution < -0.4 is 5.32 Å². The smallest absolute Gasteiger partial charge is 0.235 e. The van der Waals surface area contributed by atoms with Gasteiger partial charge in [-0.15, -0.1) is 10.2 Å². The van der Waals surface area contributed by atoms with Gasteiger partial charge in [-0.3, -0.25) is 14.7 Å². The summed E-state index contributed by atoms with van der Waals surface area (Å²) in [6.07, 6.45) is 3.83. The number of hydrogen-bond acceptors (Lipinski definition) is 4. The number of nitrogens with zero attached hydrogens (tertiary/aromatic N) is 3. The van der Waals surface area contributed by atoms with E-state index in [1.807, 2.05) is 30.3 Å². The molecular weight excluding hydrogens is 268 g/mol. The van der Waals surface area contributed by atoms with Gasteiger partial charge in [0, 0.05) is 12.5 Å². The zero-order valence-corrected chi connectivity index (χ0v) is 11.5. The number of nitrogens with one attached hydrogen (secondary N) is 1. The average Bonchev–Trinajstić information content (AvgIpc) is 3.09. The number of anilines is 1. The first-order valence-corrected chi connectivity index (χ1v) is 7.22. The van der Waals surface area contributed by atoms with E-state index in [-0.39, 0.29) is 17.9 Å². The lowest BCUT2D eigenvalue weighted by molar-refractivity contribution is -0.118. The van der Waals surface area contributed by atoms with Crippen molar-refractivity contribution in [2.45, 2.75) is 18.9 Å². The Balaban J connectivity index is 1.51. The topological polar surface area (TPSA) is 69.0 Å². The van der Waals surface area contributed by atoms with E-state index in [0.717, 1.165) is 25.1 Å². The molecule has 4 rings (SSSR count). The molecule has 2 aliphatic rings. The van der Waals surface area contributed by atoms with Crippen LogP contribution in [0.3, 0.4) is 0 Å². The highest BCUT2D eigenvalue weighted by Gasteiger charge is 2.56. The Morgan fingerprint density at radius 3 is 2.95 bits per heavy atom. The van der Waals surface area contributed by atoms with Crippen LogP contribution in [0.1, 0.15) is 12.8 Å². The summed E-state index contributed by atoms with van der Waals surface area (Å²) < 4.78 is 7.38. The first-order chi connectivity index (χ1) is 10.3. The first kappa shape index (κ1) is 12.5. The Morgan fingerprint density at radius 2 is 2.19 bits per heavy atom. The van der Waals surface area contributed by atoms with Crippen molar-refractivity contribution in [2.75, 3.05) is 11.9 Å². The molecule has 108 valence electrons. The Hall–Kier alpha value is -2.21. The van der Waals surface area contributed by atoms with Gasteiger partial charge in [0.25, 0.3) is 0 Å². The zero-order valence-electron chi connectivity index (χ0n) is 11.5. The SMILES string of the molecule is O=C(Nc1nncn1-c1ccccc1)C1C2CCCOC21. The summed E-state index contributed by atoms with van der Waals surface area (Å²) in [4.78, 5) is 12.4. The molecule has 1 saturated heterocycles. The second kappa shape index (κ2) is 4.96. The molecule has 0 spiro atoms. The highest BCUT2D eigenvalue weighted by molar-refractivity contribution is 5.94. The van der Waals surface area contributed by atoms with Crippen molar-refractivity contribution in [1.82, 2.24) is 14.8 Å². The van der Waals surface area contributed by atoms with Crippen LogP contribution in [0, 0.1) is 11.8 Å². The second-order valence-corrected chi connectivity index (χ2v) is 5.52. The fraction of sp³-hybridized carbons (Fsp3) is 0.400. The van der Waals surface area contributed by atoms with Crippen LogP contribution in [0.5, 0.6) is 0 Å². The van der Waals surface area contributed by atoms with E-state index in [2.05, 4.69) is 15.5 Å². The third-order valence-electron chi connectivity index (χ3n) is 4.21. The lowest BCUT2D eigenvalue weighted by Gasteiger charge is -2.07. The predicted octanol–water partition coefficient (Wildman–Crippen LogP) is 1.63. The maximum Gasteiger partial charge on any atom is 0.235 e. The van der Waals surface area contributed by atoms with Crippen molar-refractivity contribution in [3.8, 4) is 5.69 Å². The van der Waals surface area contributed by atoms with Gasteiger partial charge in [-0.05, 0) is 25.0 Å². The third kappa shape index (κ3) is 2.21. The van der Waals surface area contributed by atoms with Gasteiger partial charge in [0.05, 0.1) is 17.7 Å². The van der Waals surface area contributed by atoms with Gasteiger partial charge in [0.2, 0.25) is 11.9 Å². The van der Waals surface area contributed by atoms with Gasteiger partial charge in [0.15, 0.2) is 0 Å². The molecule has 2 aromatic rings. The molecule has 0 radical (unpaired) electrons. The van der Waals surface area contributed by atoms with Crippen molar-refractivity contribution in [1.29, 1.82) is 0 Å². The van der Waals surface area contributed by atoms with Crippen LogP contribution in [0.25, 0.3) is 5.69 Å².